The van der Waals surface area contributed by atoms with E-state index in [9.17, 15) is 10.2 Å². The highest BCUT2D eigenvalue weighted by molar-refractivity contribution is 5.47. The fraction of sp³-hybridized carbons (Fsp3) is 0.500. The van der Waals surface area contributed by atoms with Gasteiger partial charge >= 0.3 is 0 Å². The van der Waals surface area contributed by atoms with E-state index in [4.69, 9.17) is 9.93 Å². The van der Waals surface area contributed by atoms with E-state index in [1.165, 1.54) is 38.5 Å². The van der Waals surface area contributed by atoms with Crippen molar-refractivity contribution in [3.8, 4) is 130 Å². The average Bonchev–Trinajstić information content (AvgIpc) is 3.48. The zero-order valence-electron chi connectivity index (χ0n) is 31.4. The molecule has 2 N–H and O–H groups in total. The number of allylic oxidation sites excluding steroid dienone is 1. The number of aliphatic hydroxyl groups excluding tert-OH is 1. The third-order valence-electron chi connectivity index (χ3n) is 11.3. The Morgan fingerprint density at radius 3 is 1.50 bits per heavy atom. The molecule has 0 saturated heterocycles. The molecule has 4 heteroatoms. The van der Waals surface area contributed by atoms with Crippen molar-refractivity contribution >= 4 is 0 Å². The topological polar surface area (TPSA) is 74.6 Å². The first-order valence-corrected chi connectivity index (χ1v) is 17.6. The Labute approximate surface area is 338 Å². The lowest BCUT2D eigenvalue weighted by atomic mass is 9.46. The Morgan fingerprint density at radius 1 is 0.673 bits per heavy atom. The van der Waals surface area contributed by atoms with Gasteiger partial charge in [0, 0.05) is 57.9 Å². The van der Waals surface area contributed by atoms with Crippen LogP contribution in [0.2, 0.25) is 0 Å². The van der Waals surface area contributed by atoms with Crippen LogP contribution in [0.1, 0.15) is 124 Å². The number of aliphatic hydroxyl groups is 2. The molecule has 296 valence electrons. The second-order valence-electron chi connectivity index (χ2n) is 14.3. The van der Waals surface area contributed by atoms with E-state index in [0.717, 1.165) is 30.6 Å². The fourth-order valence-corrected chi connectivity index (χ4v) is 8.68. The maximum absolute atomic E-state index is 10.7. The lowest BCUT2D eigenvalue weighted by molar-refractivity contribution is -0.0829. The summed E-state index contributed by atoms with van der Waals surface area (Å²) in [5.74, 6) is 59.1. The molecule has 0 aromatic rings. The monoisotopic (exact) mass is 721 g/mol. The molecule has 0 bridgehead atoms. The minimum atomic E-state index is -0.579. The standard InChI is InChI=1S/C24H40O2.C24H6.O2.17H2/c1-15(22(2,3)26)19-8-9-20-18-7-6-16-14-17(25)10-12-23(16,4)21(18)11-13-24(19,20)5;1-3-5-7-9-11-13-15-17-19-21-23-24-22-20-18-16-14-12-10-8-6-4-2;1-2;;;;;;;;;;;;;;;;;/h6,15,17-21,25-26H,7-14H2,1-5H3;1-2H3;;17*1H/t15-,17-,18-,19+,20-,21-,23-,24+;;;;;;;;;;;;;;;;;;;/m0.................../s1. The zero-order valence-corrected chi connectivity index (χ0v) is 31.4. The van der Waals surface area contributed by atoms with Gasteiger partial charge in [-0.1, -0.05) is 44.3 Å². The van der Waals surface area contributed by atoms with E-state index in [0.29, 0.717) is 22.7 Å². The summed E-state index contributed by atoms with van der Waals surface area (Å²) in [4.78, 5) is 14.0. The summed E-state index contributed by atoms with van der Waals surface area (Å²) < 4.78 is 0. The van der Waals surface area contributed by atoms with E-state index in [2.05, 4.69) is 157 Å². The Morgan fingerprint density at radius 2 is 1.10 bits per heavy atom. The van der Waals surface area contributed by atoms with E-state index >= 15 is 0 Å². The van der Waals surface area contributed by atoms with Gasteiger partial charge in [0.2, 0.25) is 0 Å². The number of fused-ring (bicyclic) bond motifs is 5. The molecule has 0 aromatic heterocycles. The molecule has 3 saturated carbocycles. The Bertz CT molecular complexity index is 2010. The summed E-state index contributed by atoms with van der Waals surface area (Å²) in [6.45, 7) is 14.8. The molecule has 0 unspecified atom stereocenters. The summed E-state index contributed by atoms with van der Waals surface area (Å²) in [5.41, 5.74) is 1.73. The molecule has 8 atom stereocenters. The predicted molar refractivity (Wildman–Crippen MR) is 246 cm³/mol. The van der Waals surface area contributed by atoms with Crippen LogP contribution in [0, 0.1) is 181 Å². The molecule has 4 aliphatic rings. The highest BCUT2D eigenvalue weighted by Crippen LogP contribution is 2.67. The number of hydrogen-bond acceptors (Lipinski definition) is 4. The van der Waals surface area contributed by atoms with E-state index < -0.39 is 5.60 Å². The summed E-state index contributed by atoms with van der Waals surface area (Å²) in [7, 11) is 0. The Balaban J connectivity index is -0.0000000454. The second kappa shape index (κ2) is 21.6. The number of hydrogen-bond donors (Lipinski definition) is 2. The van der Waals surface area contributed by atoms with Crippen molar-refractivity contribution in [1.82, 2.24) is 0 Å². The minimum absolute atomic E-state index is 0. The van der Waals surface area contributed by atoms with Crippen molar-refractivity contribution in [2.45, 2.75) is 112 Å². The van der Waals surface area contributed by atoms with E-state index in [-0.39, 0.29) is 30.4 Å². The van der Waals surface area contributed by atoms with Gasteiger partial charge in [0.25, 0.3) is 0 Å². The molecule has 0 aromatic carbocycles. The van der Waals surface area contributed by atoms with Crippen molar-refractivity contribution in [3.63, 3.8) is 0 Å². The van der Waals surface area contributed by atoms with Crippen molar-refractivity contribution in [2.24, 2.45) is 40.4 Å². The molecule has 52 heavy (non-hydrogen) atoms. The SMILES string of the molecule is CC#CC#CC#CC#CC#CC#CC#CC#CC#CC#CC#CC.C[C@@H]([C@H]1CC[C@H]2[C@@H]3CC=C4C[C@@H](O)CC[C@]4(C)[C@H]3CC[C@]12C)C(C)(C)O.O=O.[HH].[HH].[HH].[HH].[HH].[HH].[HH].[HH].[HH].[HH].[HH].[HH].[HH].[HH].[HH].[HH].[HH]. The van der Waals surface area contributed by atoms with Crippen LogP contribution in [0.4, 0.5) is 0 Å². The molecule has 4 rings (SSSR count). The quantitative estimate of drug-likeness (QED) is 0.220. The maximum Gasteiger partial charge on any atom is 0.0620 e. The molecule has 4 nitrogen and oxygen atoms in total. The first-order valence-electron chi connectivity index (χ1n) is 17.6. The summed E-state index contributed by atoms with van der Waals surface area (Å²) in [5, 5.41) is 20.8. The van der Waals surface area contributed by atoms with Crippen molar-refractivity contribution < 1.29 is 34.5 Å². The maximum atomic E-state index is 10.7. The van der Waals surface area contributed by atoms with Crippen LogP contribution in [-0.4, -0.2) is 21.9 Å². The van der Waals surface area contributed by atoms with Gasteiger partial charge in [0.05, 0.1) is 11.7 Å². The van der Waals surface area contributed by atoms with Gasteiger partial charge in [-0.25, -0.2) is 0 Å². The van der Waals surface area contributed by atoms with E-state index in [1.54, 1.807) is 19.4 Å². The minimum Gasteiger partial charge on any atom is -0.393 e. The van der Waals surface area contributed by atoms with Crippen LogP contribution in [0.5, 0.6) is 0 Å². The number of rotatable bonds is 2. The van der Waals surface area contributed by atoms with Crippen LogP contribution in [-0.2, 0) is 0 Å². The summed E-state index contributed by atoms with van der Waals surface area (Å²) in [6, 6.07) is 0. The van der Waals surface area contributed by atoms with Crippen molar-refractivity contribution in [3.05, 3.63) is 21.6 Å². The highest BCUT2D eigenvalue weighted by atomic mass is 16.7. The smallest absolute Gasteiger partial charge is 0.0620 e. The molecule has 0 spiro atoms. The van der Waals surface area contributed by atoms with Gasteiger partial charge in [-0.3, -0.25) is 0 Å². The molecule has 0 radical (unpaired) electrons. The van der Waals surface area contributed by atoms with Gasteiger partial charge in [-0.2, -0.15) is 0 Å². The van der Waals surface area contributed by atoms with Gasteiger partial charge in [-0.05, 0) is 214 Å². The van der Waals surface area contributed by atoms with Gasteiger partial charge in [-0.15, -0.1) is 0 Å². The molecule has 4 aliphatic carbocycles. The average molecular weight is 721 g/mol. The predicted octanol–water partition coefficient (Wildman–Crippen LogP) is 10.6. The fourth-order valence-electron chi connectivity index (χ4n) is 8.68. The Hall–Kier alpha value is -5.58. The highest BCUT2D eigenvalue weighted by Gasteiger charge is 2.60. The van der Waals surface area contributed by atoms with Crippen LogP contribution in [0.3, 0.4) is 0 Å². The molecule has 0 aliphatic heterocycles. The molecular formula is C48H80O4. The summed E-state index contributed by atoms with van der Waals surface area (Å²) in [6.07, 6.45) is 12.0. The van der Waals surface area contributed by atoms with Crippen LogP contribution < -0.4 is 0 Å². The van der Waals surface area contributed by atoms with Gasteiger partial charge in [0.1, 0.15) is 0 Å². The zero-order chi connectivity index (χ0) is 38.5. The third kappa shape index (κ3) is 12.0. The normalized spacial score (nSPS) is 26.7. The lowest BCUT2D eigenvalue weighted by Crippen LogP contribution is -2.51. The Kier molecular flexibility index (Phi) is 17.7. The first kappa shape index (κ1) is 42.6. The van der Waals surface area contributed by atoms with Gasteiger partial charge < -0.3 is 10.2 Å². The first-order chi connectivity index (χ1) is 25.0. The molecule has 0 heterocycles. The largest absolute Gasteiger partial charge is 0.393 e. The third-order valence-corrected chi connectivity index (χ3v) is 11.3. The van der Waals surface area contributed by atoms with E-state index in [1.807, 2.05) is 13.8 Å². The second-order valence-corrected chi connectivity index (χ2v) is 14.3. The summed E-state index contributed by atoms with van der Waals surface area (Å²) >= 11 is 0. The molecule has 0 amide bonds. The van der Waals surface area contributed by atoms with Crippen LogP contribution in [0.15, 0.2) is 11.6 Å². The molecule has 3 fully saturated rings. The van der Waals surface area contributed by atoms with Gasteiger partial charge in [0.15, 0.2) is 0 Å². The molecular weight excluding hydrogens is 641 g/mol. The van der Waals surface area contributed by atoms with Crippen LogP contribution >= 0.6 is 0 Å². The van der Waals surface area contributed by atoms with Crippen molar-refractivity contribution in [1.29, 1.82) is 0 Å². The van der Waals surface area contributed by atoms with Crippen molar-refractivity contribution in [2.75, 3.05) is 0 Å². The lowest BCUT2D eigenvalue weighted by Gasteiger charge is -2.58. The van der Waals surface area contributed by atoms with Crippen LogP contribution in [0.25, 0.3) is 0 Å².